The third kappa shape index (κ3) is 3.20. The van der Waals surface area contributed by atoms with Gasteiger partial charge in [0.2, 0.25) is 0 Å². The van der Waals surface area contributed by atoms with Gasteiger partial charge in [0.1, 0.15) is 11.4 Å². The number of rotatable bonds is 5. The maximum Gasteiger partial charge on any atom is 0.340 e. The number of carbonyl (C=O) groups excluding carboxylic acids is 1. The van der Waals surface area contributed by atoms with Crippen molar-refractivity contribution in [3.05, 3.63) is 41.5 Å². The van der Waals surface area contributed by atoms with Gasteiger partial charge in [-0.1, -0.05) is 11.3 Å². The van der Waals surface area contributed by atoms with Crippen molar-refractivity contribution in [3.63, 3.8) is 0 Å². The summed E-state index contributed by atoms with van der Waals surface area (Å²) in [5.74, 6) is -3.10. The van der Waals surface area contributed by atoms with Gasteiger partial charge in [0.15, 0.2) is 5.69 Å². The zero-order valence-electron chi connectivity index (χ0n) is 10.8. The average Bonchev–Trinajstić information content (AvgIpc) is 2.87. The lowest BCUT2D eigenvalue weighted by atomic mass is 10.1. The highest BCUT2D eigenvalue weighted by Crippen LogP contribution is 2.19. The van der Waals surface area contributed by atoms with Crippen LogP contribution in [0.15, 0.2) is 24.4 Å². The molecular weight excluding hydrogens is 281 g/mol. The number of carbonyl (C=O) groups is 2. The van der Waals surface area contributed by atoms with Crippen molar-refractivity contribution < 1.29 is 19.1 Å². The van der Waals surface area contributed by atoms with Crippen molar-refractivity contribution in [2.45, 2.75) is 6.54 Å². The summed E-state index contributed by atoms with van der Waals surface area (Å²) in [5, 5.41) is 18.6. The third-order valence-electron chi connectivity index (χ3n) is 2.61. The van der Waals surface area contributed by atoms with E-state index in [1.165, 1.54) is 23.0 Å². The number of aromatic carboxylic acids is 1. The van der Waals surface area contributed by atoms with Crippen molar-refractivity contribution in [3.8, 4) is 0 Å². The van der Waals surface area contributed by atoms with E-state index in [1.54, 1.807) is 0 Å². The second kappa shape index (κ2) is 6.09. The minimum absolute atomic E-state index is 0.0240. The molecule has 0 aliphatic carbocycles. The molecule has 2 rings (SSSR count). The first kappa shape index (κ1) is 14.6. The van der Waals surface area contributed by atoms with Crippen LogP contribution in [-0.2, 0) is 6.54 Å². The van der Waals surface area contributed by atoms with E-state index in [4.69, 9.17) is 10.8 Å². The number of halogens is 1. The number of carboxylic acids is 1. The predicted octanol–water partition coefficient (Wildman–Crippen LogP) is 0.326. The fourth-order valence-corrected chi connectivity index (χ4v) is 1.68. The highest BCUT2D eigenvalue weighted by atomic mass is 19.1. The fraction of sp³-hybridized carbons (Fsp3) is 0.167. The normalized spacial score (nSPS) is 10.4. The Morgan fingerprint density at radius 3 is 2.86 bits per heavy atom. The molecule has 9 heteroatoms. The molecule has 0 atom stereocenters. The van der Waals surface area contributed by atoms with Crippen LogP contribution >= 0.6 is 0 Å². The number of nitrogens with one attached hydrogen (secondary N) is 1. The van der Waals surface area contributed by atoms with Gasteiger partial charge in [-0.3, -0.25) is 9.48 Å². The number of amides is 1. The Morgan fingerprint density at radius 1 is 1.43 bits per heavy atom. The molecule has 110 valence electrons. The summed E-state index contributed by atoms with van der Waals surface area (Å²) in [5.41, 5.74) is 4.56. The van der Waals surface area contributed by atoms with E-state index in [1.807, 2.05) is 0 Å². The summed E-state index contributed by atoms with van der Waals surface area (Å²) in [6.45, 7) is 0.720. The molecule has 0 bridgehead atoms. The molecule has 1 heterocycles. The monoisotopic (exact) mass is 293 g/mol. The van der Waals surface area contributed by atoms with Crippen LogP contribution in [0.2, 0.25) is 0 Å². The topological polar surface area (TPSA) is 123 Å². The standard InChI is InChI=1S/C12H12FN5O3/c13-7-2-1-3-8(10(7)12(20)21)15-11(19)9-6-18(5-4-14)17-16-9/h1-3,6H,4-5,14H2,(H,15,19)(H,20,21). The summed E-state index contributed by atoms with van der Waals surface area (Å²) in [7, 11) is 0. The number of aromatic nitrogens is 3. The number of nitrogens with zero attached hydrogens (tertiary/aromatic N) is 3. The third-order valence-corrected chi connectivity index (χ3v) is 2.61. The van der Waals surface area contributed by atoms with Crippen LogP contribution in [0.5, 0.6) is 0 Å². The lowest BCUT2D eigenvalue weighted by molar-refractivity contribution is 0.0693. The second-order valence-corrected chi connectivity index (χ2v) is 4.08. The van der Waals surface area contributed by atoms with Crippen molar-refractivity contribution >= 4 is 17.6 Å². The molecule has 0 unspecified atom stereocenters. The smallest absolute Gasteiger partial charge is 0.340 e. The summed E-state index contributed by atoms with van der Waals surface area (Å²) in [6.07, 6.45) is 1.36. The van der Waals surface area contributed by atoms with Gasteiger partial charge in [0, 0.05) is 6.54 Å². The largest absolute Gasteiger partial charge is 0.478 e. The molecular formula is C12H12FN5O3. The Hall–Kier alpha value is -2.81. The van der Waals surface area contributed by atoms with Crippen LogP contribution in [0.25, 0.3) is 0 Å². The van der Waals surface area contributed by atoms with Crippen molar-refractivity contribution in [1.29, 1.82) is 0 Å². The van der Waals surface area contributed by atoms with E-state index in [0.717, 1.165) is 6.07 Å². The molecule has 1 amide bonds. The number of benzene rings is 1. The Bertz CT molecular complexity index is 685. The van der Waals surface area contributed by atoms with Gasteiger partial charge in [-0.2, -0.15) is 0 Å². The fourth-order valence-electron chi connectivity index (χ4n) is 1.68. The second-order valence-electron chi connectivity index (χ2n) is 4.08. The Kier molecular flexibility index (Phi) is 4.24. The Labute approximate surface area is 118 Å². The molecule has 0 aliphatic rings. The molecule has 1 aromatic heterocycles. The van der Waals surface area contributed by atoms with Gasteiger partial charge < -0.3 is 16.2 Å². The maximum absolute atomic E-state index is 13.5. The highest BCUT2D eigenvalue weighted by molar-refractivity contribution is 6.06. The lowest BCUT2D eigenvalue weighted by Gasteiger charge is -2.07. The minimum atomic E-state index is -1.48. The summed E-state index contributed by atoms with van der Waals surface area (Å²) < 4.78 is 14.9. The first-order chi connectivity index (χ1) is 10.0. The van der Waals surface area contributed by atoms with Crippen LogP contribution in [0.4, 0.5) is 10.1 Å². The van der Waals surface area contributed by atoms with Gasteiger partial charge in [-0.15, -0.1) is 5.10 Å². The predicted molar refractivity (Wildman–Crippen MR) is 70.4 cm³/mol. The summed E-state index contributed by atoms with van der Waals surface area (Å²) in [6, 6.07) is 3.58. The van der Waals surface area contributed by atoms with Gasteiger partial charge >= 0.3 is 5.97 Å². The van der Waals surface area contributed by atoms with Gasteiger partial charge in [0.25, 0.3) is 5.91 Å². The van der Waals surface area contributed by atoms with Gasteiger partial charge in [-0.05, 0) is 12.1 Å². The van der Waals surface area contributed by atoms with Gasteiger partial charge in [-0.25, -0.2) is 9.18 Å². The highest BCUT2D eigenvalue weighted by Gasteiger charge is 2.19. The van der Waals surface area contributed by atoms with E-state index >= 15 is 0 Å². The SMILES string of the molecule is NCCn1cc(C(=O)Nc2cccc(F)c2C(=O)O)nn1. The van der Waals surface area contributed by atoms with E-state index in [2.05, 4.69) is 15.6 Å². The van der Waals surface area contributed by atoms with Crippen molar-refractivity contribution in [2.24, 2.45) is 5.73 Å². The quantitative estimate of drug-likeness (QED) is 0.729. The first-order valence-electron chi connectivity index (χ1n) is 5.96. The molecule has 4 N–H and O–H groups in total. The van der Waals surface area contributed by atoms with Gasteiger partial charge in [0.05, 0.1) is 18.4 Å². The molecule has 0 spiro atoms. The summed E-state index contributed by atoms with van der Waals surface area (Å²) in [4.78, 5) is 23.0. The van der Waals surface area contributed by atoms with Crippen LogP contribution < -0.4 is 11.1 Å². The molecule has 2 aromatic rings. The van der Waals surface area contributed by atoms with Crippen molar-refractivity contribution in [2.75, 3.05) is 11.9 Å². The number of nitrogens with two attached hydrogens (primary N) is 1. The number of hydrogen-bond acceptors (Lipinski definition) is 5. The lowest BCUT2D eigenvalue weighted by Crippen LogP contribution is -2.16. The molecule has 0 aliphatic heterocycles. The first-order valence-corrected chi connectivity index (χ1v) is 5.96. The number of anilines is 1. The van der Waals surface area contributed by atoms with Crippen LogP contribution in [-0.4, -0.2) is 38.5 Å². The van der Waals surface area contributed by atoms with Crippen LogP contribution in [0.1, 0.15) is 20.8 Å². The number of carboxylic acid groups (broad SMARTS) is 1. The molecule has 0 fully saturated rings. The van der Waals surface area contributed by atoms with E-state index < -0.39 is 23.3 Å². The summed E-state index contributed by atoms with van der Waals surface area (Å²) >= 11 is 0. The maximum atomic E-state index is 13.5. The van der Waals surface area contributed by atoms with E-state index in [-0.39, 0.29) is 11.4 Å². The molecule has 0 saturated carbocycles. The van der Waals surface area contributed by atoms with E-state index in [9.17, 15) is 14.0 Å². The van der Waals surface area contributed by atoms with Crippen molar-refractivity contribution in [1.82, 2.24) is 15.0 Å². The molecule has 1 aromatic carbocycles. The van der Waals surface area contributed by atoms with Crippen LogP contribution in [0, 0.1) is 5.82 Å². The molecule has 0 saturated heterocycles. The average molecular weight is 293 g/mol. The molecule has 0 radical (unpaired) electrons. The minimum Gasteiger partial charge on any atom is -0.478 e. The van der Waals surface area contributed by atoms with Crippen LogP contribution in [0.3, 0.4) is 0 Å². The zero-order chi connectivity index (χ0) is 15.4. The van der Waals surface area contributed by atoms with E-state index in [0.29, 0.717) is 13.1 Å². The number of hydrogen-bond donors (Lipinski definition) is 3. The zero-order valence-corrected chi connectivity index (χ0v) is 10.8. The Balaban J connectivity index is 2.23. The molecule has 21 heavy (non-hydrogen) atoms. The Morgan fingerprint density at radius 2 is 2.19 bits per heavy atom. The molecule has 8 nitrogen and oxygen atoms in total.